The fraction of sp³-hybridized carbons (Fsp3) is 0.548. The van der Waals surface area contributed by atoms with Gasteiger partial charge in [-0.3, -0.25) is 9.78 Å². The van der Waals surface area contributed by atoms with Gasteiger partial charge in [0.1, 0.15) is 22.7 Å². The number of benzene rings is 1. The van der Waals surface area contributed by atoms with E-state index in [1.165, 1.54) is 0 Å². The zero-order valence-electron chi connectivity index (χ0n) is 24.1. The van der Waals surface area contributed by atoms with Crippen molar-refractivity contribution in [2.45, 2.75) is 92.6 Å². The maximum atomic E-state index is 13.6. The Kier molecular flexibility index (Phi) is 7.87. The second-order valence-corrected chi connectivity index (χ2v) is 14.4. The normalized spacial score (nSPS) is 16.2. The molecule has 2 unspecified atom stereocenters. The third-order valence-electron chi connectivity index (χ3n) is 6.89. The zero-order valence-corrected chi connectivity index (χ0v) is 25.0. The number of hydrogen-bond donors (Lipinski definition) is 1. The minimum Gasteiger partial charge on any atom is -0.477 e. The van der Waals surface area contributed by atoms with Gasteiger partial charge in [-0.25, -0.2) is 0 Å². The summed E-state index contributed by atoms with van der Waals surface area (Å²) in [6.07, 6.45) is 4.62. The van der Waals surface area contributed by atoms with Gasteiger partial charge in [-0.2, -0.15) is 0 Å². The van der Waals surface area contributed by atoms with E-state index in [9.17, 15) is 4.79 Å². The fourth-order valence-corrected chi connectivity index (χ4v) is 5.40. The third-order valence-corrected chi connectivity index (χ3v) is 7.14. The van der Waals surface area contributed by atoms with Crippen LogP contribution in [0.5, 0.6) is 5.75 Å². The molecule has 5 nitrogen and oxygen atoms in total. The number of rotatable bonds is 8. The van der Waals surface area contributed by atoms with Gasteiger partial charge in [-0.1, -0.05) is 41.5 Å². The number of furan rings is 1. The number of carbonyl (C=O) groups excluding carboxylic acids is 1. The van der Waals surface area contributed by atoms with Gasteiger partial charge in [0.2, 0.25) is 0 Å². The highest BCUT2D eigenvalue weighted by Gasteiger charge is 2.49. The van der Waals surface area contributed by atoms with Crippen molar-refractivity contribution in [3.63, 3.8) is 0 Å². The molecule has 0 fully saturated rings. The Bertz CT molecular complexity index is 1230. The first-order chi connectivity index (χ1) is 16.8. The highest BCUT2D eigenvalue weighted by molar-refractivity contribution is 7.81. The van der Waals surface area contributed by atoms with Crippen molar-refractivity contribution in [2.24, 2.45) is 16.2 Å². The van der Waals surface area contributed by atoms with Crippen LogP contribution in [0.2, 0.25) is 0 Å². The molecule has 0 spiro atoms. The molecule has 2 aromatic heterocycles. The first-order valence-corrected chi connectivity index (χ1v) is 13.3. The SMILES string of the molecule is CC(C)(C)CC(C)(C(=O)OC(C)(C)CC(C)(S)Oc1ccc2cc(-c3cccnc3)oc2c1)C(C)(C)C. The van der Waals surface area contributed by atoms with Gasteiger partial charge in [0.15, 0.2) is 4.93 Å². The number of esters is 1. The molecule has 0 saturated carbocycles. The smallest absolute Gasteiger partial charge is 0.312 e. The molecule has 2 heterocycles. The Labute approximate surface area is 227 Å². The Balaban J connectivity index is 1.75. The van der Waals surface area contributed by atoms with Crippen molar-refractivity contribution in [3.05, 3.63) is 48.8 Å². The van der Waals surface area contributed by atoms with Crippen molar-refractivity contribution in [2.75, 3.05) is 0 Å². The molecule has 1 aromatic carbocycles. The zero-order chi connectivity index (χ0) is 27.9. The van der Waals surface area contributed by atoms with Crippen molar-refractivity contribution in [1.82, 2.24) is 4.98 Å². The number of pyridine rings is 1. The number of thiol groups is 1. The van der Waals surface area contributed by atoms with Gasteiger partial charge in [0.25, 0.3) is 0 Å². The highest BCUT2D eigenvalue weighted by atomic mass is 32.1. The summed E-state index contributed by atoms with van der Waals surface area (Å²) in [6, 6.07) is 11.6. The van der Waals surface area contributed by atoms with Gasteiger partial charge in [-0.15, -0.1) is 12.6 Å². The summed E-state index contributed by atoms with van der Waals surface area (Å²) < 4.78 is 18.5. The molecule has 3 aromatic rings. The summed E-state index contributed by atoms with van der Waals surface area (Å²) in [4.78, 5) is 16.9. The number of nitrogens with zero attached hydrogens (tertiary/aromatic N) is 1. The molecule has 37 heavy (non-hydrogen) atoms. The predicted octanol–water partition coefficient (Wildman–Crippen LogP) is 8.72. The summed E-state index contributed by atoms with van der Waals surface area (Å²) in [7, 11) is 0. The van der Waals surface area contributed by atoms with Crippen LogP contribution in [0.4, 0.5) is 0 Å². The molecular formula is C31H43NO4S. The maximum Gasteiger partial charge on any atom is 0.312 e. The second-order valence-electron chi connectivity index (χ2n) is 13.5. The lowest BCUT2D eigenvalue weighted by Gasteiger charge is -2.45. The van der Waals surface area contributed by atoms with Crippen LogP contribution in [-0.4, -0.2) is 21.5 Å². The molecule has 0 N–H and O–H groups in total. The summed E-state index contributed by atoms with van der Waals surface area (Å²) in [5.41, 5.74) is -0.0890. The molecule has 0 amide bonds. The minimum absolute atomic E-state index is 0.0201. The summed E-state index contributed by atoms with van der Waals surface area (Å²) in [5, 5.41) is 0.974. The maximum absolute atomic E-state index is 13.6. The van der Waals surface area contributed by atoms with Gasteiger partial charge in [0.05, 0.1) is 5.41 Å². The van der Waals surface area contributed by atoms with E-state index in [4.69, 9.17) is 26.5 Å². The van der Waals surface area contributed by atoms with Crippen molar-refractivity contribution in [3.8, 4) is 17.1 Å². The molecule has 0 aliphatic rings. The molecule has 0 saturated heterocycles. The van der Waals surface area contributed by atoms with Crippen LogP contribution >= 0.6 is 12.6 Å². The van der Waals surface area contributed by atoms with E-state index in [2.05, 4.69) is 46.5 Å². The molecule has 3 rings (SSSR count). The van der Waals surface area contributed by atoms with Gasteiger partial charge < -0.3 is 13.9 Å². The lowest BCUT2D eigenvalue weighted by molar-refractivity contribution is -0.180. The van der Waals surface area contributed by atoms with E-state index in [1.54, 1.807) is 12.4 Å². The Morgan fingerprint density at radius 2 is 1.62 bits per heavy atom. The lowest BCUT2D eigenvalue weighted by Crippen LogP contribution is -2.48. The first-order valence-electron chi connectivity index (χ1n) is 12.9. The standard InChI is InChI=1S/C31H43NO4S/c1-27(2,3)19-30(9,28(4,5)6)26(33)36-29(7,8)20-31(10,37)35-23-14-13-21-16-24(34-25(21)17-23)22-12-11-15-32-18-22/h11-18,37H,19-20H2,1-10H3. The lowest BCUT2D eigenvalue weighted by atomic mass is 9.61. The molecular weight excluding hydrogens is 482 g/mol. The van der Waals surface area contributed by atoms with Crippen molar-refractivity contribution in [1.29, 1.82) is 0 Å². The van der Waals surface area contributed by atoms with Crippen LogP contribution in [0.3, 0.4) is 0 Å². The van der Waals surface area contributed by atoms with E-state index in [-0.39, 0.29) is 16.8 Å². The molecule has 0 aliphatic carbocycles. The molecule has 6 heteroatoms. The Hall–Kier alpha value is -2.47. The fourth-order valence-electron chi connectivity index (χ4n) is 4.91. The predicted molar refractivity (Wildman–Crippen MR) is 154 cm³/mol. The van der Waals surface area contributed by atoms with E-state index in [0.29, 0.717) is 17.8 Å². The summed E-state index contributed by atoms with van der Waals surface area (Å²) >= 11 is 4.82. The van der Waals surface area contributed by atoms with Crippen molar-refractivity contribution >= 4 is 29.6 Å². The van der Waals surface area contributed by atoms with Gasteiger partial charge in [0, 0.05) is 35.8 Å². The molecule has 0 bridgehead atoms. The number of carbonyl (C=O) groups is 1. The number of aromatic nitrogens is 1. The average Bonchev–Trinajstić information content (AvgIpc) is 3.14. The third kappa shape index (κ3) is 7.31. The van der Waals surface area contributed by atoms with Crippen LogP contribution < -0.4 is 4.74 Å². The van der Waals surface area contributed by atoms with Crippen LogP contribution in [-0.2, 0) is 9.53 Å². The number of ether oxygens (including phenoxy) is 2. The minimum atomic E-state index is -0.890. The van der Waals surface area contributed by atoms with Gasteiger partial charge in [-0.05, 0) is 75.3 Å². The number of fused-ring (bicyclic) bond motifs is 1. The summed E-state index contributed by atoms with van der Waals surface area (Å²) in [5.74, 6) is 1.19. The second kappa shape index (κ2) is 10.0. The van der Waals surface area contributed by atoms with E-state index in [1.807, 2.05) is 64.1 Å². The van der Waals surface area contributed by atoms with Crippen LogP contribution in [0.15, 0.2) is 53.2 Å². The van der Waals surface area contributed by atoms with Crippen molar-refractivity contribution < 1.29 is 18.7 Å². The van der Waals surface area contributed by atoms with E-state index >= 15 is 0 Å². The van der Waals surface area contributed by atoms with E-state index in [0.717, 1.165) is 23.1 Å². The average molecular weight is 526 g/mol. The molecule has 0 aliphatic heterocycles. The number of hydrogen-bond acceptors (Lipinski definition) is 6. The van der Waals surface area contributed by atoms with Gasteiger partial charge >= 0.3 is 5.97 Å². The van der Waals surface area contributed by atoms with Crippen LogP contribution in [0, 0.1) is 16.2 Å². The van der Waals surface area contributed by atoms with E-state index < -0.39 is 15.9 Å². The van der Waals surface area contributed by atoms with Crippen LogP contribution in [0.25, 0.3) is 22.3 Å². The summed E-state index contributed by atoms with van der Waals surface area (Å²) in [6.45, 7) is 20.5. The largest absolute Gasteiger partial charge is 0.477 e. The monoisotopic (exact) mass is 525 g/mol. The quantitative estimate of drug-likeness (QED) is 0.181. The van der Waals surface area contributed by atoms with Crippen LogP contribution in [0.1, 0.15) is 82.1 Å². The molecule has 2 atom stereocenters. The topological polar surface area (TPSA) is 61.6 Å². The highest BCUT2D eigenvalue weighted by Crippen LogP contribution is 2.48. The Morgan fingerprint density at radius 1 is 0.946 bits per heavy atom. The molecule has 0 radical (unpaired) electrons. The Morgan fingerprint density at radius 3 is 2.19 bits per heavy atom. The molecule has 202 valence electrons. The first kappa shape index (κ1) is 29.1.